The Bertz CT molecular complexity index is 1090. The lowest BCUT2D eigenvalue weighted by Gasteiger charge is -2.16. The van der Waals surface area contributed by atoms with Crippen LogP contribution < -0.4 is 11.1 Å². The van der Waals surface area contributed by atoms with Gasteiger partial charge in [0.1, 0.15) is 5.52 Å². The number of unbranched alkanes of at least 4 members (excludes halogenated alkanes) is 1. The van der Waals surface area contributed by atoms with E-state index in [0.717, 1.165) is 12.8 Å². The van der Waals surface area contributed by atoms with Crippen LogP contribution in [0.2, 0.25) is 0 Å². The van der Waals surface area contributed by atoms with Crippen LogP contribution in [-0.4, -0.2) is 58.6 Å². The van der Waals surface area contributed by atoms with Crippen molar-refractivity contribution in [1.82, 2.24) is 19.4 Å². The number of carbonyl (C=O) groups excluding carboxylic acids is 2. The predicted molar refractivity (Wildman–Crippen MR) is 125 cm³/mol. The lowest BCUT2D eigenvalue weighted by atomic mass is 10.2. The van der Waals surface area contributed by atoms with Crippen molar-refractivity contribution in [2.45, 2.75) is 32.7 Å². The molecule has 0 bridgehead atoms. The second-order valence-electron chi connectivity index (χ2n) is 7.66. The summed E-state index contributed by atoms with van der Waals surface area (Å²) in [7, 11) is 3.42. The molecule has 0 aliphatic heterocycles. The number of hydrogen-bond acceptors (Lipinski definition) is 6. The zero-order chi connectivity index (χ0) is 23.1. The minimum absolute atomic E-state index is 0.105. The first-order valence-electron chi connectivity index (χ1n) is 10.7. The van der Waals surface area contributed by atoms with Crippen molar-refractivity contribution >= 4 is 34.6 Å². The molecular weight excluding hydrogens is 408 g/mol. The van der Waals surface area contributed by atoms with E-state index in [1.807, 2.05) is 4.57 Å². The molecule has 2 aromatic heterocycles. The third-order valence-electron chi connectivity index (χ3n) is 5.13. The monoisotopic (exact) mass is 438 g/mol. The number of pyridine rings is 1. The van der Waals surface area contributed by atoms with Crippen LogP contribution in [0, 0.1) is 0 Å². The lowest BCUT2D eigenvalue weighted by molar-refractivity contribution is 0.0793. The maximum absolute atomic E-state index is 12.8. The molecule has 2 amide bonds. The number of amides is 2. The van der Waals surface area contributed by atoms with Gasteiger partial charge < -0.3 is 15.4 Å². The van der Waals surface area contributed by atoms with Crippen molar-refractivity contribution in [3.05, 3.63) is 47.7 Å². The number of carbonyl (C=O) groups is 2. The summed E-state index contributed by atoms with van der Waals surface area (Å²) in [6.45, 7) is 3.87. The van der Waals surface area contributed by atoms with Gasteiger partial charge in [-0.25, -0.2) is 9.97 Å². The summed E-state index contributed by atoms with van der Waals surface area (Å²) in [6, 6.07) is 8.45. The molecule has 0 spiro atoms. The number of hydrogen-bond donors (Lipinski definition) is 2. The van der Waals surface area contributed by atoms with Crippen molar-refractivity contribution in [1.29, 1.82) is 0 Å². The fourth-order valence-corrected chi connectivity index (χ4v) is 3.37. The number of aromatic nitrogens is 3. The van der Waals surface area contributed by atoms with Gasteiger partial charge in [0.25, 0.3) is 11.8 Å². The van der Waals surface area contributed by atoms with E-state index in [0.29, 0.717) is 60.0 Å². The average molecular weight is 439 g/mol. The van der Waals surface area contributed by atoms with E-state index in [2.05, 4.69) is 22.2 Å². The van der Waals surface area contributed by atoms with Crippen LogP contribution in [0.1, 0.15) is 46.9 Å². The Hall–Kier alpha value is -3.46. The van der Waals surface area contributed by atoms with Crippen molar-refractivity contribution in [2.24, 2.45) is 0 Å². The zero-order valence-electron chi connectivity index (χ0n) is 18.8. The summed E-state index contributed by atoms with van der Waals surface area (Å²) in [5.41, 5.74) is 8.34. The van der Waals surface area contributed by atoms with Gasteiger partial charge in [0.15, 0.2) is 5.65 Å². The molecule has 0 saturated heterocycles. The van der Waals surface area contributed by atoms with Gasteiger partial charge in [-0.1, -0.05) is 19.4 Å². The summed E-state index contributed by atoms with van der Waals surface area (Å²) in [4.78, 5) is 36.3. The molecule has 0 unspecified atom stereocenters. The molecule has 2 heterocycles. The molecule has 9 nitrogen and oxygen atoms in total. The molecule has 0 radical (unpaired) electrons. The topological polar surface area (TPSA) is 115 Å². The van der Waals surface area contributed by atoms with Crippen molar-refractivity contribution in [3.8, 4) is 0 Å². The maximum Gasteiger partial charge on any atom is 0.258 e. The zero-order valence-corrected chi connectivity index (χ0v) is 18.8. The number of imidazole rings is 1. The number of nitrogens with two attached hydrogens (primary N) is 1. The minimum atomic E-state index is -0.323. The number of fused-ring (bicyclic) bond motifs is 1. The van der Waals surface area contributed by atoms with Gasteiger partial charge in [0.2, 0.25) is 5.95 Å². The van der Waals surface area contributed by atoms with E-state index in [1.165, 1.54) is 0 Å². The first-order chi connectivity index (χ1) is 15.4. The van der Waals surface area contributed by atoms with Crippen LogP contribution in [0.4, 0.5) is 11.6 Å². The van der Waals surface area contributed by atoms with Gasteiger partial charge in [-0.15, -0.1) is 0 Å². The number of benzene rings is 1. The van der Waals surface area contributed by atoms with Gasteiger partial charge in [0, 0.05) is 51.3 Å². The minimum Gasteiger partial charge on any atom is -0.399 e. The van der Waals surface area contributed by atoms with Crippen molar-refractivity contribution < 1.29 is 14.3 Å². The molecule has 32 heavy (non-hydrogen) atoms. The first kappa shape index (κ1) is 23.2. The van der Waals surface area contributed by atoms with Crippen LogP contribution in [-0.2, 0) is 11.3 Å². The van der Waals surface area contributed by atoms with Crippen LogP contribution in [0.25, 0.3) is 11.2 Å². The molecule has 1 aromatic carbocycles. The maximum atomic E-state index is 12.8. The Morgan fingerprint density at radius 1 is 1.22 bits per heavy atom. The Morgan fingerprint density at radius 2 is 2.03 bits per heavy atom. The first-order valence-corrected chi connectivity index (χ1v) is 10.7. The molecule has 3 aromatic rings. The molecule has 3 N–H and O–H groups in total. The highest BCUT2D eigenvalue weighted by molar-refractivity contribution is 6.04. The van der Waals surface area contributed by atoms with E-state index in [-0.39, 0.29) is 11.8 Å². The van der Waals surface area contributed by atoms with Crippen LogP contribution in [0.15, 0.2) is 36.5 Å². The summed E-state index contributed by atoms with van der Waals surface area (Å²) in [5, 5.41) is 2.85. The Kier molecular flexibility index (Phi) is 7.77. The highest BCUT2D eigenvalue weighted by Crippen LogP contribution is 2.21. The number of rotatable bonds is 10. The fraction of sp³-hybridized carbons (Fsp3) is 0.391. The van der Waals surface area contributed by atoms with E-state index in [1.54, 1.807) is 55.6 Å². The number of ether oxygens (including phenoxy) is 1. The number of nitrogens with one attached hydrogen (secondary N) is 1. The molecule has 0 aliphatic rings. The highest BCUT2D eigenvalue weighted by atomic mass is 16.5. The molecule has 0 fully saturated rings. The summed E-state index contributed by atoms with van der Waals surface area (Å²) < 4.78 is 6.99. The highest BCUT2D eigenvalue weighted by Gasteiger charge is 2.18. The van der Waals surface area contributed by atoms with Crippen LogP contribution in [0.5, 0.6) is 0 Å². The van der Waals surface area contributed by atoms with Gasteiger partial charge in [-0.05, 0) is 37.1 Å². The number of anilines is 2. The van der Waals surface area contributed by atoms with Crippen molar-refractivity contribution in [3.63, 3.8) is 0 Å². The Morgan fingerprint density at radius 3 is 2.75 bits per heavy atom. The third kappa shape index (κ3) is 5.42. The fourth-order valence-electron chi connectivity index (χ4n) is 3.37. The SMILES string of the molecule is CCCCN(C)C(=O)c1cnc2c(c1)nc(NC(=O)c1cccc(N)c1)n2CCCOC. The Balaban J connectivity index is 1.92. The molecular formula is C23H30N6O3. The molecule has 0 saturated carbocycles. The Labute approximate surface area is 187 Å². The smallest absolute Gasteiger partial charge is 0.258 e. The van der Waals surface area contributed by atoms with E-state index < -0.39 is 0 Å². The van der Waals surface area contributed by atoms with Gasteiger partial charge in [-0.3, -0.25) is 19.5 Å². The molecule has 3 rings (SSSR count). The number of nitrogen functional groups attached to an aromatic ring is 1. The summed E-state index contributed by atoms with van der Waals surface area (Å²) >= 11 is 0. The summed E-state index contributed by atoms with van der Waals surface area (Å²) in [5.74, 6) is -0.0664. The summed E-state index contributed by atoms with van der Waals surface area (Å²) in [6.07, 6.45) is 4.22. The van der Waals surface area contributed by atoms with E-state index in [9.17, 15) is 9.59 Å². The number of aryl methyl sites for hydroxylation is 1. The molecule has 0 aliphatic carbocycles. The standard InChI is InChI=1S/C23H30N6O3/c1-4-5-10-28(2)22(31)17-14-19-20(25-15-17)29(11-7-12-32-3)23(26-19)27-21(30)16-8-6-9-18(24)13-16/h6,8-9,13-15H,4-5,7,10-12,24H2,1-3H3,(H,26,27,30). The predicted octanol–water partition coefficient (Wildman–Crippen LogP) is 3.17. The largest absolute Gasteiger partial charge is 0.399 e. The van der Waals surface area contributed by atoms with Gasteiger partial charge in [-0.2, -0.15) is 0 Å². The second-order valence-corrected chi connectivity index (χ2v) is 7.66. The normalized spacial score (nSPS) is 11.0. The van der Waals surface area contributed by atoms with Gasteiger partial charge >= 0.3 is 0 Å². The third-order valence-corrected chi connectivity index (χ3v) is 5.13. The molecule has 0 atom stereocenters. The second kappa shape index (κ2) is 10.7. The number of methoxy groups -OCH3 is 1. The van der Waals surface area contributed by atoms with Crippen LogP contribution in [0.3, 0.4) is 0 Å². The van der Waals surface area contributed by atoms with E-state index in [4.69, 9.17) is 10.5 Å². The van der Waals surface area contributed by atoms with Crippen LogP contribution >= 0.6 is 0 Å². The van der Waals surface area contributed by atoms with E-state index >= 15 is 0 Å². The molecule has 9 heteroatoms. The average Bonchev–Trinajstić information content (AvgIpc) is 3.13. The van der Waals surface area contributed by atoms with Crippen molar-refractivity contribution in [2.75, 3.05) is 38.4 Å². The lowest BCUT2D eigenvalue weighted by Crippen LogP contribution is -2.27. The van der Waals surface area contributed by atoms with Gasteiger partial charge in [0.05, 0.1) is 5.56 Å². The molecule has 170 valence electrons. The quantitative estimate of drug-likeness (QED) is 0.371. The number of nitrogens with zero attached hydrogens (tertiary/aromatic N) is 4.